The number of rotatable bonds is 5. The van der Waals surface area contributed by atoms with Crippen LogP contribution in [0.2, 0.25) is 0 Å². The van der Waals surface area contributed by atoms with Gasteiger partial charge in [-0.15, -0.1) is 0 Å². The molecule has 0 saturated heterocycles. The number of carbonyl (C=O) groups is 1. The Balaban J connectivity index is 2.49. The molecule has 0 fully saturated rings. The third kappa shape index (κ3) is 4.51. The van der Waals surface area contributed by atoms with Gasteiger partial charge in [0.05, 0.1) is 13.7 Å². The first-order valence-corrected chi connectivity index (χ1v) is 8.00. The van der Waals surface area contributed by atoms with E-state index in [1.165, 1.54) is 6.08 Å². The number of hydrogen-bond donors (Lipinski definition) is 1. The summed E-state index contributed by atoms with van der Waals surface area (Å²) >= 11 is 0. The van der Waals surface area contributed by atoms with Gasteiger partial charge in [-0.25, -0.2) is 4.79 Å². The van der Waals surface area contributed by atoms with Gasteiger partial charge in [0, 0.05) is 17.1 Å². The molecular weight excluding hydrogens is 304 g/mol. The molecule has 0 spiro atoms. The average molecular weight is 328 g/mol. The van der Waals surface area contributed by atoms with Crippen molar-refractivity contribution in [3.63, 3.8) is 0 Å². The molecule has 2 rings (SSSR count). The number of hydrogen-bond acceptors (Lipinski definition) is 3. The Kier molecular flexibility index (Phi) is 5.50. The number of carboxylic acids is 1. The molecule has 1 aromatic carbocycles. The maximum atomic E-state index is 10.9. The fourth-order valence-electron chi connectivity index (χ4n) is 2.55. The van der Waals surface area contributed by atoms with Crippen molar-refractivity contribution in [2.24, 2.45) is 5.41 Å². The average Bonchev–Trinajstić information content (AvgIpc) is 2.67. The van der Waals surface area contributed by atoms with Gasteiger partial charge < -0.3 is 14.6 Å². The lowest BCUT2D eigenvalue weighted by atomic mass is 9.90. The minimum atomic E-state index is -0.933. The Labute approximate surface area is 143 Å². The monoisotopic (exact) mass is 328 g/mol. The van der Waals surface area contributed by atoms with Gasteiger partial charge in [0.2, 0.25) is 0 Å². The minimum absolute atomic E-state index is 0.130. The molecule has 0 unspecified atom stereocenters. The molecule has 24 heavy (non-hydrogen) atoms. The standard InChI is InChI=1S/C20H24O4/c1-5-14(10-19(21)22)6-7-15-12-20(2,3)13-24-18-9-8-16(23-4)11-17(15)18/h6-12H,5,13H2,1-4H3,(H,21,22). The fourth-order valence-corrected chi connectivity index (χ4v) is 2.55. The van der Waals surface area contributed by atoms with Crippen LogP contribution in [-0.4, -0.2) is 24.8 Å². The van der Waals surface area contributed by atoms with Crippen LogP contribution in [0.4, 0.5) is 0 Å². The molecule has 0 aromatic heterocycles. The molecule has 4 heteroatoms. The Morgan fingerprint density at radius 3 is 2.79 bits per heavy atom. The maximum Gasteiger partial charge on any atom is 0.328 e. The van der Waals surface area contributed by atoms with Crippen molar-refractivity contribution in [1.82, 2.24) is 0 Å². The third-order valence-electron chi connectivity index (χ3n) is 3.84. The van der Waals surface area contributed by atoms with Crippen molar-refractivity contribution in [3.05, 3.63) is 53.6 Å². The number of aliphatic carboxylic acids is 1. The first kappa shape index (κ1) is 17.9. The summed E-state index contributed by atoms with van der Waals surface area (Å²) in [4.78, 5) is 10.9. The molecule has 0 bridgehead atoms. The third-order valence-corrected chi connectivity index (χ3v) is 3.84. The van der Waals surface area contributed by atoms with Gasteiger partial charge >= 0.3 is 5.97 Å². The molecule has 0 saturated carbocycles. The van der Waals surface area contributed by atoms with Crippen molar-refractivity contribution < 1.29 is 19.4 Å². The van der Waals surface area contributed by atoms with Gasteiger partial charge in [-0.05, 0) is 35.8 Å². The largest absolute Gasteiger partial charge is 0.497 e. The molecule has 4 nitrogen and oxygen atoms in total. The first-order chi connectivity index (χ1) is 11.3. The molecule has 0 amide bonds. The lowest BCUT2D eigenvalue weighted by Gasteiger charge is -2.18. The van der Waals surface area contributed by atoms with Crippen LogP contribution in [0.25, 0.3) is 5.57 Å². The van der Waals surface area contributed by atoms with Gasteiger partial charge in [0.1, 0.15) is 11.5 Å². The Morgan fingerprint density at radius 1 is 1.42 bits per heavy atom. The number of methoxy groups -OCH3 is 1. The highest BCUT2D eigenvalue weighted by molar-refractivity contribution is 5.83. The van der Waals surface area contributed by atoms with Gasteiger partial charge in [-0.3, -0.25) is 0 Å². The zero-order valence-corrected chi connectivity index (χ0v) is 14.6. The molecule has 1 aliphatic rings. The van der Waals surface area contributed by atoms with Crippen LogP contribution in [0.1, 0.15) is 32.8 Å². The van der Waals surface area contributed by atoms with E-state index in [1.807, 2.05) is 37.3 Å². The lowest BCUT2D eigenvalue weighted by molar-refractivity contribution is -0.131. The van der Waals surface area contributed by atoms with Crippen LogP contribution in [0, 0.1) is 5.41 Å². The molecule has 1 aromatic rings. The smallest absolute Gasteiger partial charge is 0.328 e. The molecule has 1 aliphatic heterocycles. The first-order valence-electron chi connectivity index (χ1n) is 8.00. The second-order valence-electron chi connectivity index (χ2n) is 6.48. The zero-order valence-electron chi connectivity index (χ0n) is 14.6. The van der Waals surface area contributed by atoms with Gasteiger partial charge in [0.25, 0.3) is 0 Å². The maximum absolute atomic E-state index is 10.9. The van der Waals surface area contributed by atoms with Crippen LogP contribution in [-0.2, 0) is 4.79 Å². The SMILES string of the molecule is CCC(C=CC1=CC(C)(C)COc2ccc(OC)cc21)=CC(=O)O. The van der Waals surface area contributed by atoms with Crippen molar-refractivity contribution in [2.75, 3.05) is 13.7 Å². The molecule has 0 atom stereocenters. The van der Waals surface area contributed by atoms with Gasteiger partial charge in [-0.2, -0.15) is 0 Å². The van der Waals surface area contributed by atoms with Crippen molar-refractivity contribution in [2.45, 2.75) is 27.2 Å². The van der Waals surface area contributed by atoms with Crippen molar-refractivity contribution in [1.29, 1.82) is 0 Å². The number of allylic oxidation sites excluding steroid dienone is 4. The highest BCUT2D eigenvalue weighted by Gasteiger charge is 2.23. The second-order valence-corrected chi connectivity index (χ2v) is 6.48. The summed E-state index contributed by atoms with van der Waals surface area (Å²) in [5, 5.41) is 8.94. The number of fused-ring (bicyclic) bond motifs is 1. The summed E-state index contributed by atoms with van der Waals surface area (Å²) in [5.41, 5.74) is 2.57. The molecule has 0 aliphatic carbocycles. The molecule has 128 valence electrons. The number of ether oxygens (including phenoxy) is 2. The summed E-state index contributed by atoms with van der Waals surface area (Å²) in [6, 6.07) is 5.73. The van der Waals surface area contributed by atoms with Crippen LogP contribution < -0.4 is 9.47 Å². The van der Waals surface area contributed by atoms with E-state index in [4.69, 9.17) is 14.6 Å². The normalized spacial score (nSPS) is 16.8. The topological polar surface area (TPSA) is 55.8 Å². The van der Waals surface area contributed by atoms with Crippen LogP contribution in [0.5, 0.6) is 11.5 Å². The highest BCUT2D eigenvalue weighted by atomic mass is 16.5. The summed E-state index contributed by atoms with van der Waals surface area (Å²) < 4.78 is 11.3. The Morgan fingerprint density at radius 2 is 2.17 bits per heavy atom. The molecule has 1 N–H and O–H groups in total. The second kappa shape index (κ2) is 7.39. The summed E-state index contributed by atoms with van der Waals surface area (Å²) in [7, 11) is 1.63. The molecular formula is C20H24O4. The predicted octanol–water partition coefficient (Wildman–Crippen LogP) is 4.47. The van der Waals surface area contributed by atoms with E-state index in [9.17, 15) is 4.79 Å². The highest BCUT2D eigenvalue weighted by Crippen LogP contribution is 2.37. The number of carboxylic acid groups (broad SMARTS) is 1. The van der Waals surface area contributed by atoms with Crippen molar-refractivity contribution >= 4 is 11.5 Å². The molecule has 1 heterocycles. The van der Waals surface area contributed by atoms with E-state index in [0.29, 0.717) is 13.0 Å². The van der Waals surface area contributed by atoms with Crippen molar-refractivity contribution in [3.8, 4) is 11.5 Å². The Bertz CT molecular complexity index is 708. The van der Waals surface area contributed by atoms with E-state index in [1.54, 1.807) is 7.11 Å². The summed E-state index contributed by atoms with van der Waals surface area (Å²) in [6.07, 6.45) is 7.85. The van der Waals surface area contributed by atoms with Gasteiger partial charge in [-0.1, -0.05) is 39.0 Å². The fraction of sp³-hybridized carbons (Fsp3) is 0.350. The van der Waals surface area contributed by atoms with E-state index < -0.39 is 5.97 Å². The van der Waals surface area contributed by atoms with E-state index in [2.05, 4.69) is 19.9 Å². The summed E-state index contributed by atoms with van der Waals surface area (Å²) in [5.74, 6) is 0.628. The Hall–Kier alpha value is -2.49. The summed E-state index contributed by atoms with van der Waals surface area (Å²) in [6.45, 7) is 6.73. The van der Waals surface area contributed by atoms with Crippen LogP contribution in [0.3, 0.4) is 0 Å². The lowest BCUT2D eigenvalue weighted by Crippen LogP contribution is -2.17. The predicted molar refractivity (Wildman–Crippen MR) is 95.4 cm³/mol. The minimum Gasteiger partial charge on any atom is -0.497 e. The van der Waals surface area contributed by atoms with E-state index in [-0.39, 0.29) is 5.41 Å². The van der Waals surface area contributed by atoms with E-state index >= 15 is 0 Å². The van der Waals surface area contributed by atoms with Crippen LogP contribution >= 0.6 is 0 Å². The zero-order chi connectivity index (χ0) is 17.7. The quantitative estimate of drug-likeness (QED) is 0.640. The van der Waals surface area contributed by atoms with Gasteiger partial charge in [0.15, 0.2) is 0 Å². The van der Waals surface area contributed by atoms with E-state index in [0.717, 1.165) is 28.2 Å². The molecule has 0 radical (unpaired) electrons. The van der Waals surface area contributed by atoms with Crippen LogP contribution in [0.15, 0.2) is 48.1 Å². The number of benzene rings is 1.